The Kier molecular flexibility index (Phi) is 6.20. The van der Waals surface area contributed by atoms with E-state index < -0.39 is 16.9 Å². The Balaban J connectivity index is 1.91. The lowest BCUT2D eigenvalue weighted by Crippen LogP contribution is -2.36. The lowest BCUT2D eigenvalue weighted by Gasteiger charge is -2.30. The SMILES string of the molecule is C[SiH](c1ccccc1)P(Cc1ccccc1)[SiH](C)c1ccccc1. The Hall–Kier alpha value is -1.48. The Morgan fingerprint density at radius 1 is 0.583 bits per heavy atom. The van der Waals surface area contributed by atoms with Crippen molar-refractivity contribution >= 4 is 34.3 Å². The van der Waals surface area contributed by atoms with Crippen LogP contribution in [0.4, 0.5) is 0 Å². The van der Waals surface area contributed by atoms with Crippen LogP contribution in [0.2, 0.25) is 13.1 Å². The average molecular weight is 365 g/mol. The van der Waals surface area contributed by atoms with Gasteiger partial charge in [0.2, 0.25) is 0 Å². The van der Waals surface area contributed by atoms with E-state index >= 15 is 0 Å². The second-order valence-electron chi connectivity index (χ2n) is 6.33. The van der Waals surface area contributed by atoms with Crippen LogP contribution < -0.4 is 10.4 Å². The molecule has 0 fully saturated rings. The molecule has 2 unspecified atom stereocenters. The monoisotopic (exact) mass is 364 g/mol. The van der Waals surface area contributed by atoms with Crippen LogP contribution in [-0.4, -0.2) is 16.9 Å². The molecule has 3 aromatic rings. The molecule has 3 heteroatoms. The van der Waals surface area contributed by atoms with Gasteiger partial charge in [0, 0.05) is 0 Å². The molecule has 3 aromatic carbocycles. The second kappa shape index (κ2) is 8.57. The summed E-state index contributed by atoms with van der Waals surface area (Å²) in [5.41, 5.74) is 1.52. The summed E-state index contributed by atoms with van der Waals surface area (Å²) in [5.74, 6) is 0. The summed E-state index contributed by atoms with van der Waals surface area (Å²) >= 11 is 0. The van der Waals surface area contributed by atoms with E-state index in [1.807, 2.05) is 0 Å². The number of hydrogen-bond acceptors (Lipinski definition) is 0. The van der Waals surface area contributed by atoms with E-state index in [2.05, 4.69) is 104 Å². The third-order valence-electron chi connectivity index (χ3n) is 4.77. The topological polar surface area (TPSA) is 0 Å². The van der Waals surface area contributed by atoms with Gasteiger partial charge in [-0.2, -0.15) is 0 Å². The van der Waals surface area contributed by atoms with Crippen molar-refractivity contribution in [1.29, 1.82) is 0 Å². The molecule has 0 saturated carbocycles. The van der Waals surface area contributed by atoms with E-state index in [1.54, 1.807) is 10.4 Å². The lowest BCUT2D eigenvalue weighted by atomic mass is 10.2. The van der Waals surface area contributed by atoms with Gasteiger partial charge in [-0.1, -0.05) is 114 Å². The summed E-state index contributed by atoms with van der Waals surface area (Å²) in [5, 5.41) is 3.27. The molecule has 0 aliphatic heterocycles. The lowest BCUT2D eigenvalue weighted by molar-refractivity contribution is 1.41. The van der Waals surface area contributed by atoms with Gasteiger partial charge in [-0.15, -0.1) is 7.02 Å². The van der Waals surface area contributed by atoms with Gasteiger partial charge in [0.1, 0.15) is 0 Å². The minimum absolute atomic E-state index is 0.0658. The molecule has 0 radical (unpaired) electrons. The average Bonchev–Trinajstić information content (AvgIpc) is 2.67. The fourth-order valence-electron chi connectivity index (χ4n) is 3.25. The minimum atomic E-state index is -0.946. The molecule has 0 aliphatic carbocycles. The van der Waals surface area contributed by atoms with Gasteiger partial charge in [0.05, 0.1) is 16.9 Å². The molecule has 0 spiro atoms. The first kappa shape index (κ1) is 17.4. The highest BCUT2D eigenvalue weighted by molar-refractivity contribution is 8.14. The summed E-state index contributed by atoms with van der Waals surface area (Å²) in [6.07, 6.45) is 1.29. The summed E-state index contributed by atoms with van der Waals surface area (Å²) in [6, 6.07) is 33.7. The van der Waals surface area contributed by atoms with Crippen LogP contribution in [0.5, 0.6) is 0 Å². The first-order chi connectivity index (χ1) is 11.8. The van der Waals surface area contributed by atoms with Crippen LogP contribution in [0.25, 0.3) is 0 Å². The van der Waals surface area contributed by atoms with Crippen LogP contribution in [0.15, 0.2) is 91.0 Å². The third kappa shape index (κ3) is 4.33. The van der Waals surface area contributed by atoms with Gasteiger partial charge in [-0.25, -0.2) is 0 Å². The van der Waals surface area contributed by atoms with Gasteiger partial charge in [0.15, 0.2) is 0 Å². The van der Waals surface area contributed by atoms with E-state index in [1.165, 1.54) is 11.7 Å². The molecule has 0 saturated heterocycles. The van der Waals surface area contributed by atoms with E-state index in [-0.39, 0.29) is 7.02 Å². The molecule has 0 aliphatic rings. The summed E-state index contributed by atoms with van der Waals surface area (Å²) in [6.45, 7) is 5.16. The van der Waals surface area contributed by atoms with E-state index in [9.17, 15) is 0 Å². The molecular weight excluding hydrogens is 339 g/mol. The molecule has 2 atom stereocenters. The quantitative estimate of drug-likeness (QED) is 0.454. The summed E-state index contributed by atoms with van der Waals surface area (Å²) in [7, 11) is -1.83. The van der Waals surface area contributed by atoms with Crippen molar-refractivity contribution in [2.75, 3.05) is 0 Å². The fraction of sp³-hybridized carbons (Fsp3) is 0.143. The van der Waals surface area contributed by atoms with Crippen molar-refractivity contribution in [2.24, 2.45) is 0 Å². The number of benzene rings is 3. The maximum absolute atomic E-state index is 2.58. The van der Waals surface area contributed by atoms with Gasteiger partial charge in [-0.05, 0) is 11.7 Å². The van der Waals surface area contributed by atoms with Gasteiger partial charge in [0.25, 0.3) is 0 Å². The number of hydrogen-bond donors (Lipinski definition) is 0. The van der Waals surface area contributed by atoms with Gasteiger partial charge < -0.3 is 0 Å². The normalized spacial score (nSPS) is 14.8. The van der Waals surface area contributed by atoms with Crippen molar-refractivity contribution in [3.63, 3.8) is 0 Å². The van der Waals surface area contributed by atoms with Crippen molar-refractivity contribution < 1.29 is 0 Å². The Morgan fingerprint density at radius 3 is 1.38 bits per heavy atom. The number of rotatable bonds is 6. The predicted molar refractivity (Wildman–Crippen MR) is 115 cm³/mol. The Morgan fingerprint density at radius 2 is 0.958 bits per heavy atom. The third-order valence-corrected chi connectivity index (χ3v) is 27.1. The van der Waals surface area contributed by atoms with Crippen molar-refractivity contribution in [3.05, 3.63) is 96.6 Å². The molecule has 0 amide bonds. The van der Waals surface area contributed by atoms with E-state index in [4.69, 9.17) is 0 Å². The maximum Gasteiger partial charge on any atom is 0.0907 e. The molecule has 0 N–H and O–H groups in total. The maximum atomic E-state index is 2.58. The standard InChI is InChI=1S/C21H25PSi2/c1-23(20-14-8-4-9-15-20)22(18-19-12-6-3-7-13-19)24(2)21-16-10-5-11-17-21/h3-17,23-24H,18H2,1-2H3. The van der Waals surface area contributed by atoms with Crippen molar-refractivity contribution in [1.82, 2.24) is 0 Å². The Labute approximate surface area is 150 Å². The van der Waals surface area contributed by atoms with Crippen molar-refractivity contribution in [2.45, 2.75) is 19.3 Å². The highest BCUT2D eigenvalue weighted by Crippen LogP contribution is 2.44. The Bertz CT molecular complexity index is 686. The molecular formula is C21H25PSi2. The molecule has 24 heavy (non-hydrogen) atoms. The molecule has 3 rings (SSSR count). The van der Waals surface area contributed by atoms with Crippen molar-refractivity contribution in [3.8, 4) is 0 Å². The van der Waals surface area contributed by atoms with Crippen LogP contribution in [0, 0.1) is 0 Å². The first-order valence-corrected chi connectivity index (χ1v) is 16.9. The summed E-state index contributed by atoms with van der Waals surface area (Å²) < 4.78 is 0. The molecule has 0 bridgehead atoms. The minimum Gasteiger partial charge on any atom is -0.122 e. The zero-order chi connectivity index (χ0) is 16.8. The molecule has 0 aromatic heterocycles. The zero-order valence-corrected chi connectivity index (χ0v) is 17.7. The molecule has 122 valence electrons. The highest BCUT2D eigenvalue weighted by atomic mass is 31.6. The molecule has 0 heterocycles. The van der Waals surface area contributed by atoms with Crippen LogP contribution in [0.1, 0.15) is 5.56 Å². The van der Waals surface area contributed by atoms with Crippen LogP contribution in [0.3, 0.4) is 0 Å². The van der Waals surface area contributed by atoms with Crippen LogP contribution >= 0.6 is 7.02 Å². The van der Waals surface area contributed by atoms with Crippen LogP contribution in [-0.2, 0) is 6.16 Å². The first-order valence-electron chi connectivity index (χ1n) is 8.65. The second-order valence-corrected chi connectivity index (χ2v) is 22.1. The van der Waals surface area contributed by atoms with Gasteiger partial charge >= 0.3 is 0 Å². The van der Waals surface area contributed by atoms with E-state index in [0.29, 0.717) is 0 Å². The fourth-order valence-corrected chi connectivity index (χ4v) is 24.8. The predicted octanol–water partition coefficient (Wildman–Crippen LogP) is 4.19. The van der Waals surface area contributed by atoms with Gasteiger partial charge in [-0.3, -0.25) is 0 Å². The largest absolute Gasteiger partial charge is 0.122 e. The highest BCUT2D eigenvalue weighted by Gasteiger charge is 2.27. The summed E-state index contributed by atoms with van der Waals surface area (Å²) in [4.78, 5) is 0. The van der Waals surface area contributed by atoms with E-state index in [0.717, 1.165) is 0 Å². The smallest absolute Gasteiger partial charge is 0.0907 e. The molecule has 0 nitrogen and oxygen atoms in total. The zero-order valence-electron chi connectivity index (χ0n) is 14.5.